The lowest BCUT2D eigenvalue weighted by atomic mass is 10.3. The van der Waals surface area contributed by atoms with E-state index in [9.17, 15) is 4.79 Å². The summed E-state index contributed by atoms with van der Waals surface area (Å²) in [6.45, 7) is 2.87. The minimum absolute atomic E-state index is 0.275. The van der Waals surface area contributed by atoms with Crippen molar-refractivity contribution in [2.75, 3.05) is 0 Å². The van der Waals surface area contributed by atoms with Gasteiger partial charge in [0.25, 0.3) is 0 Å². The molecule has 4 nitrogen and oxygen atoms in total. The summed E-state index contributed by atoms with van der Waals surface area (Å²) >= 11 is 0. The van der Waals surface area contributed by atoms with E-state index in [1.807, 2.05) is 23.9 Å². The van der Waals surface area contributed by atoms with E-state index in [4.69, 9.17) is 5.73 Å². The zero-order valence-corrected chi connectivity index (χ0v) is 7.60. The summed E-state index contributed by atoms with van der Waals surface area (Å²) in [4.78, 5) is 10.4. The average molecular weight is 179 g/mol. The van der Waals surface area contributed by atoms with Crippen LogP contribution in [0.3, 0.4) is 0 Å². The molecule has 70 valence electrons. The molecule has 1 heterocycles. The molecule has 2 N–H and O–H groups in total. The van der Waals surface area contributed by atoms with E-state index in [1.54, 1.807) is 12.3 Å². The van der Waals surface area contributed by atoms with Crippen LogP contribution in [0.4, 0.5) is 0 Å². The molecule has 0 atom stereocenters. The van der Waals surface area contributed by atoms with E-state index in [1.165, 1.54) is 0 Å². The Morgan fingerprint density at radius 3 is 3.08 bits per heavy atom. The lowest BCUT2D eigenvalue weighted by Gasteiger charge is -1.89. The predicted molar refractivity (Wildman–Crippen MR) is 50.7 cm³/mol. The van der Waals surface area contributed by atoms with Crippen LogP contribution in [0.25, 0.3) is 6.08 Å². The van der Waals surface area contributed by atoms with Crippen molar-refractivity contribution in [2.45, 2.75) is 19.9 Å². The highest BCUT2D eigenvalue weighted by atomic mass is 16.1. The normalized spacial score (nSPS) is 10.8. The number of nitrogens with two attached hydrogens (primary N) is 1. The quantitative estimate of drug-likeness (QED) is 0.742. The first-order valence-electron chi connectivity index (χ1n) is 4.19. The van der Waals surface area contributed by atoms with Gasteiger partial charge in [-0.05, 0) is 6.92 Å². The van der Waals surface area contributed by atoms with Gasteiger partial charge in [0, 0.05) is 24.7 Å². The number of aromatic nitrogens is 2. The number of carbonyl (C=O) groups is 1. The van der Waals surface area contributed by atoms with Gasteiger partial charge in [-0.25, -0.2) is 0 Å². The Morgan fingerprint density at radius 1 is 1.77 bits per heavy atom. The van der Waals surface area contributed by atoms with Crippen LogP contribution in [-0.4, -0.2) is 15.7 Å². The zero-order valence-electron chi connectivity index (χ0n) is 7.60. The molecule has 0 aliphatic rings. The monoisotopic (exact) mass is 179 g/mol. The van der Waals surface area contributed by atoms with Crippen molar-refractivity contribution < 1.29 is 4.79 Å². The maximum atomic E-state index is 10.4. The zero-order chi connectivity index (χ0) is 9.68. The Morgan fingerprint density at radius 2 is 2.54 bits per heavy atom. The molecule has 0 spiro atoms. The fourth-order valence-corrected chi connectivity index (χ4v) is 0.950. The van der Waals surface area contributed by atoms with Crippen LogP contribution in [0, 0.1) is 0 Å². The first-order chi connectivity index (χ1) is 6.22. The highest BCUT2D eigenvalue weighted by Crippen LogP contribution is 2.00. The summed E-state index contributed by atoms with van der Waals surface area (Å²) < 4.78 is 1.82. The van der Waals surface area contributed by atoms with Crippen LogP contribution in [-0.2, 0) is 11.3 Å². The van der Waals surface area contributed by atoms with Crippen LogP contribution in [0.1, 0.15) is 18.9 Å². The smallest absolute Gasteiger partial charge is 0.221 e. The maximum Gasteiger partial charge on any atom is 0.221 e. The van der Waals surface area contributed by atoms with E-state index >= 15 is 0 Å². The Kier molecular flexibility index (Phi) is 3.25. The van der Waals surface area contributed by atoms with Crippen molar-refractivity contribution in [3.8, 4) is 0 Å². The van der Waals surface area contributed by atoms with Crippen molar-refractivity contribution in [1.29, 1.82) is 0 Å². The van der Waals surface area contributed by atoms with Gasteiger partial charge in [0.15, 0.2) is 0 Å². The second-order valence-electron chi connectivity index (χ2n) is 2.70. The summed E-state index contributed by atoms with van der Waals surface area (Å²) in [6.07, 6.45) is 7.51. The van der Waals surface area contributed by atoms with Crippen molar-refractivity contribution in [2.24, 2.45) is 5.73 Å². The molecule has 13 heavy (non-hydrogen) atoms. The van der Waals surface area contributed by atoms with Gasteiger partial charge in [0.05, 0.1) is 6.20 Å². The Labute approximate surface area is 77.0 Å². The second-order valence-corrected chi connectivity index (χ2v) is 2.70. The summed E-state index contributed by atoms with van der Waals surface area (Å²) in [5, 5.41) is 4.08. The van der Waals surface area contributed by atoms with Gasteiger partial charge in [0.2, 0.25) is 5.91 Å². The van der Waals surface area contributed by atoms with E-state index in [-0.39, 0.29) is 12.3 Å². The van der Waals surface area contributed by atoms with Crippen molar-refractivity contribution in [1.82, 2.24) is 9.78 Å². The number of hydrogen-bond donors (Lipinski definition) is 1. The topological polar surface area (TPSA) is 60.9 Å². The standard InChI is InChI=1S/C9H13N3O/c1-2-12-7-8(6-11-12)4-3-5-9(10)13/h3-4,6-7H,2,5H2,1H3,(H2,10,13). The fraction of sp³-hybridized carbons (Fsp3) is 0.333. The number of carbonyl (C=O) groups excluding carboxylic acids is 1. The third-order valence-corrected chi connectivity index (χ3v) is 1.61. The summed E-state index contributed by atoms with van der Waals surface area (Å²) in [7, 11) is 0. The van der Waals surface area contributed by atoms with Gasteiger partial charge >= 0.3 is 0 Å². The van der Waals surface area contributed by atoms with Crippen LogP contribution < -0.4 is 5.73 Å². The van der Waals surface area contributed by atoms with Gasteiger partial charge in [-0.2, -0.15) is 5.10 Å². The molecule has 0 unspecified atom stereocenters. The first kappa shape index (κ1) is 9.51. The van der Waals surface area contributed by atoms with Crippen LogP contribution in [0.15, 0.2) is 18.5 Å². The Hall–Kier alpha value is -1.58. The van der Waals surface area contributed by atoms with Gasteiger partial charge in [-0.1, -0.05) is 12.2 Å². The predicted octanol–water partition coefficient (Wildman–Crippen LogP) is 0.792. The highest BCUT2D eigenvalue weighted by Gasteiger charge is 1.92. The van der Waals surface area contributed by atoms with Gasteiger partial charge < -0.3 is 5.73 Å². The van der Waals surface area contributed by atoms with E-state index in [0.29, 0.717) is 0 Å². The fourth-order valence-electron chi connectivity index (χ4n) is 0.950. The van der Waals surface area contributed by atoms with Crippen LogP contribution in [0.5, 0.6) is 0 Å². The molecular weight excluding hydrogens is 166 g/mol. The number of nitrogens with zero attached hydrogens (tertiary/aromatic N) is 2. The molecule has 0 radical (unpaired) electrons. The van der Waals surface area contributed by atoms with Crippen LogP contribution in [0.2, 0.25) is 0 Å². The molecule has 0 saturated heterocycles. The molecule has 1 amide bonds. The summed E-state index contributed by atoms with van der Waals surface area (Å²) in [6, 6.07) is 0. The lowest BCUT2D eigenvalue weighted by Crippen LogP contribution is -2.07. The Bertz CT molecular complexity index is 314. The third kappa shape index (κ3) is 3.11. The van der Waals surface area contributed by atoms with E-state index in [0.717, 1.165) is 12.1 Å². The number of amides is 1. The highest BCUT2D eigenvalue weighted by molar-refractivity contribution is 5.76. The van der Waals surface area contributed by atoms with Gasteiger partial charge in [-0.3, -0.25) is 9.48 Å². The maximum absolute atomic E-state index is 10.4. The molecule has 0 bridgehead atoms. The van der Waals surface area contributed by atoms with Crippen LogP contribution >= 0.6 is 0 Å². The SMILES string of the molecule is CCn1cc(C=CCC(N)=O)cn1. The third-order valence-electron chi connectivity index (χ3n) is 1.61. The molecule has 1 aromatic heterocycles. The van der Waals surface area contributed by atoms with Crippen molar-refractivity contribution in [3.63, 3.8) is 0 Å². The van der Waals surface area contributed by atoms with Crippen molar-refractivity contribution in [3.05, 3.63) is 24.0 Å². The Balaban J connectivity index is 2.53. The van der Waals surface area contributed by atoms with Crippen molar-refractivity contribution >= 4 is 12.0 Å². The summed E-state index contributed by atoms with van der Waals surface area (Å²) in [5.74, 6) is -0.320. The van der Waals surface area contributed by atoms with Gasteiger partial charge in [0.1, 0.15) is 0 Å². The summed E-state index contributed by atoms with van der Waals surface area (Å²) in [5.41, 5.74) is 5.97. The first-order valence-corrected chi connectivity index (χ1v) is 4.19. The molecule has 1 rings (SSSR count). The number of primary amides is 1. The molecule has 4 heteroatoms. The molecule has 0 fully saturated rings. The number of hydrogen-bond acceptors (Lipinski definition) is 2. The minimum atomic E-state index is -0.320. The molecule has 0 aliphatic heterocycles. The van der Waals surface area contributed by atoms with E-state index < -0.39 is 0 Å². The molecule has 1 aromatic rings. The molecule has 0 aliphatic carbocycles. The average Bonchev–Trinajstić information content (AvgIpc) is 2.52. The molecule has 0 saturated carbocycles. The number of aryl methyl sites for hydroxylation is 1. The minimum Gasteiger partial charge on any atom is -0.369 e. The van der Waals surface area contributed by atoms with E-state index in [2.05, 4.69) is 5.10 Å². The van der Waals surface area contributed by atoms with Gasteiger partial charge in [-0.15, -0.1) is 0 Å². The largest absolute Gasteiger partial charge is 0.369 e. The number of rotatable bonds is 4. The molecule has 0 aromatic carbocycles. The second kappa shape index (κ2) is 4.45. The lowest BCUT2D eigenvalue weighted by molar-refractivity contribution is -0.117. The molecular formula is C9H13N3O.